The van der Waals surface area contributed by atoms with Gasteiger partial charge in [0.25, 0.3) is 0 Å². The van der Waals surface area contributed by atoms with Crippen molar-refractivity contribution < 1.29 is 0 Å². The molecule has 1 heterocycles. The molecule has 0 spiro atoms. The molecule has 0 aliphatic rings. The Labute approximate surface area is 132 Å². The van der Waals surface area contributed by atoms with Crippen LogP contribution in [-0.2, 0) is 0 Å². The highest BCUT2D eigenvalue weighted by Gasteiger charge is 2.10. The average molecular weight is 290 g/mol. The molecule has 2 heteroatoms. The normalized spacial score (nSPS) is 10.9. The van der Waals surface area contributed by atoms with Crippen molar-refractivity contribution >= 4 is 16.5 Å². The molecule has 112 valence electrons. The van der Waals surface area contributed by atoms with Crippen LogP contribution >= 0.6 is 0 Å². The Kier molecular flexibility index (Phi) is 4.10. The molecular weight excluding hydrogens is 268 g/mol. The van der Waals surface area contributed by atoms with E-state index in [9.17, 15) is 0 Å². The van der Waals surface area contributed by atoms with Gasteiger partial charge in [-0.3, -0.25) is 4.98 Å². The lowest BCUT2D eigenvalue weighted by Crippen LogP contribution is -2.22. The van der Waals surface area contributed by atoms with Crippen LogP contribution in [0.5, 0.6) is 0 Å². The number of hydrogen-bond acceptors (Lipinski definition) is 2. The maximum Gasteiger partial charge on any atom is 0.0781 e. The molecule has 2 aromatic carbocycles. The summed E-state index contributed by atoms with van der Waals surface area (Å²) in [6.07, 6.45) is 1.90. The van der Waals surface area contributed by atoms with Crippen molar-refractivity contribution in [2.24, 2.45) is 0 Å². The second-order valence-electron chi connectivity index (χ2n) is 5.55. The molecule has 2 nitrogen and oxygen atoms in total. The van der Waals surface area contributed by atoms with Gasteiger partial charge >= 0.3 is 0 Å². The highest BCUT2D eigenvalue weighted by molar-refractivity contribution is 5.94. The van der Waals surface area contributed by atoms with E-state index in [4.69, 9.17) is 0 Å². The molecule has 0 aliphatic heterocycles. The van der Waals surface area contributed by atoms with Crippen molar-refractivity contribution in [3.05, 3.63) is 60.3 Å². The third-order valence-electron chi connectivity index (χ3n) is 4.26. The zero-order chi connectivity index (χ0) is 15.5. The molecule has 0 atom stereocenters. The van der Waals surface area contributed by atoms with E-state index in [0.717, 1.165) is 18.8 Å². The van der Waals surface area contributed by atoms with Gasteiger partial charge in [-0.05, 0) is 43.9 Å². The van der Waals surface area contributed by atoms with Crippen molar-refractivity contribution in [1.29, 1.82) is 0 Å². The van der Waals surface area contributed by atoms with Gasteiger partial charge < -0.3 is 4.90 Å². The Morgan fingerprint density at radius 2 is 1.73 bits per heavy atom. The van der Waals surface area contributed by atoms with Gasteiger partial charge in [0, 0.05) is 35.9 Å². The number of aromatic nitrogens is 1. The van der Waals surface area contributed by atoms with E-state index in [1.807, 2.05) is 6.20 Å². The lowest BCUT2D eigenvalue weighted by Gasteiger charge is -2.24. The number of fused-ring (bicyclic) bond motifs is 1. The molecule has 3 rings (SSSR count). The van der Waals surface area contributed by atoms with Crippen molar-refractivity contribution in [1.82, 2.24) is 4.98 Å². The second-order valence-corrected chi connectivity index (χ2v) is 5.55. The molecule has 0 saturated heterocycles. The van der Waals surface area contributed by atoms with Gasteiger partial charge in [0.15, 0.2) is 0 Å². The first-order valence-electron chi connectivity index (χ1n) is 7.94. The van der Waals surface area contributed by atoms with Gasteiger partial charge in [-0.1, -0.05) is 36.4 Å². The summed E-state index contributed by atoms with van der Waals surface area (Å²) in [4.78, 5) is 7.03. The summed E-state index contributed by atoms with van der Waals surface area (Å²) in [7, 11) is 0. The molecule has 0 radical (unpaired) electrons. The monoisotopic (exact) mass is 290 g/mol. The zero-order valence-electron chi connectivity index (χ0n) is 13.5. The number of pyridine rings is 1. The maximum atomic E-state index is 4.64. The Balaban J connectivity index is 2.17. The van der Waals surface area contributed by atoms with Gasteiger partial charge in [0.1, 0.15) is 0 Å². The van der Waals surface area contributed by atoms with Crippen molar-refractivity contribution in [3.8, 4) is 11.3 Å². The van der Waals surface area contributed by atoms with Crippen molar-refractivity contribution in [2.75, 3.05) is 18.0 Å². The van der Waals surface area contributed by atoms with Crippen LogP contribution < -0.4 is 4.90 Å². The summed E-state index contributed by atoms with van der Waals surface area (Å²) in [6.45, 7) is 8.61. The molecular formula is C20H22N2. The summed E-state index contributed by atoms with van der Waals surface area (Å²) in [5, 5.41) is 2.44. The molecule has 0 amide bonds. The van der Waals surface area contributed by atoms with E-state index in [1.54, 1.807) is 0 Å². The maximum absolute atomic E-state index is 4.64. The third kappa shape index (κ3) is 2.57. The second kappa shape index (κ2) is 6.18. The van der Waals surface area contributed by atoms with Crippen LogP contribution in [0.15, 0.2) is 54.7 Å². The molecule has 0 aliphatic carbocycles. The van der Waals surface area contributed by atoms with Crippen LogP contribution in [0, 0.1) is 6.92 Å². The number of nitrogens with zero attached hydrogens (tertiary/aromatic N) is 2. The Bertz CT molecular complexity index is 783. The Hall–Kier alpha value is -2.35. The average Bonchev–Trinajstić information content (AvgIpc) is 2.57. The fourth-order valence-electron chi connectivity index (χ4n) is 3.01. The third-order valence-corrected chi connectivity index (χ3v) is 4.26. The molecule has 1 aromatic heterocycles. The smallest absolute Gasteiger partial charge is 0.0781 e. The number of benzene rings is 2. The lowest BCUT2D eigenvalue weighted by atomic mass is 10.0. The summed E-state index contributed by atoms with van der Waals surface area (Å²) in [5.74, 6) is 0. The number of hydrogen-bond donors (Lipinski definition) is 0. The van der Waals surface area contributed by atoms with E-state index in [-0.39, 0.29) is 0 Å². The molecule has 0 saturated carbocycles. The summed E-state index contributed by atoms with van der Waals surface area (Å²) < 4.78 is 0. The van der Waals surface area contributed by atoms with E-state index >= 15 is 0 Å². The SMILES string of the molecule is CCN(CC)c1cc(-c2nccc3ccccc23)ccc1C. The van der Waals surface area contributed by atoms with Gasteiger partial charge in [-0.25, -0.2) is 0 Å². The van der Waals surface area contributed by atoms with Gasteiger partial charge in [-0.2, -0.15) is 0 Å². The van der Waals surface area contributed by atoms with Crippen molar-refractivity contribution in [3.63, 3.8) is 0 Å². The first-order valence-corrected chi connectivity index (χ1v) is 7.94. The first-order chi connectivity index (χ1) is 10.7. The summed E-state index contributed by atoms with van der Waals surface area (Å²) in [6, 6.07) is 17.2. The minimum atomic E-state index is 1.02. The predicted octanol–water partition coefficient (Wildman–Crippen LogP) is 5.06. The molecule has 0 fully saturated rings. The first kappa shape index (κ1) is 14.6. The highest BCUT2D eigenvalue weighted by atomic mass is 15.1. The summed E-state index contributed by atoms with van der Waals surface area (Å²) >= 11 is 0. The standard InChI is InChI=1S/C20H22N2/c1-4-22(5-2)19-14-17(11-10-15(19)3)20-18-9-7-6-8-16(18)12-13-21-20/h6-14H,4-5H2,1-3H3. The van der Waals surface area contributed by atoms with E-state index in [2.05, 4.69) is 79.2 Å². The van der Waals surface area contributed by atoms with Gasteiger partial charge in [0.05, 0.1) is 5.69 Å². The predicted molar refractivity (Wildman–Crippen MR) is 95.5 cm³/mol. The minimum absolute atomic E-state index is 1.02. The zero-order valence-corrected chi connectivity index (χ0v) is 13.5. The van der Waals surface area contributed by atoms with E-state index in [0.29, 0.717) is 0 Å². The van der Waals surface area contributed by atoms with Crippen LogP contribution in [0.2, 0.25) is 0 Å². The quantitative estimate of drug-likeness (QED) is 0.668. The summed E-state index contributed by atoms with van der Waals surface area (Å²) in [5.41, 5.74) is 4.86. The van der Waals surface area contributed by atoms with Crippen LogP contribution in [-0.4, -0.2) is 18.1 Å². The number of aryl methyl sites for hydroxylation is 1. The van der Waals surface area contributed by atoms with Crippen LogP contribution in [0.25, 0.3) is 22.0 Å². The van der Waals surface area contributed by atoms with E-state index in [1.165, 1.54) is 27.6 Å². The fraction of sp³-hybridized carbons (Fsp3) is 0.250. The van der Waals surface area contributed by atoms with Crippen LogP contribution in [0.1, 0.15) is 19.4 Å². The number of anilines is 1. The van der Waals surface area contributed by atoms with Crippen LogP contribution in [0.3, 0.4) is 0 Å². The Morgan fingerprint density at radius 1 is 0.955 bits per heavy atom. The molecule has 3 aromatic rings. The molecule has 0 bridgehead atoms. The topological polar surface area (TPSA) is 16.1 Å². The Morgan fingerprint density at radius 3 is 2.50 bits per heavy atom. The minimum Gasteiger partial charge on any atom is -0.372 e. The van der Waals surface area contributed by atoms with E-state index < -0.39 is 0 Å². The van der Waals surface area contributed by atoms with Gasteiger partial charge in [0.2, 0.25) is 0 Å². The van der Waals surface area contributed by atoms with Gasteiger partial charge in [-0.15, -0.1) is 0 Å². The molecule has 22 heavy (non-hydrogen) atoms. The molecule has 0 N–H and O–H groups in total. The lowest BCUT2D eigenvalue weighted by molar-refractivity contribution is 0.862. The fourth-order valence-corrected chi connectivity index (χ4v) is 3.01. The molecule has 0 unspecified atom stereocenters. The van der Waals surface area contributed by atoms with Crippen LogP contribution in [0.4, 0.5) is 5.69 Å². The number of rotatable bonds is 4. The largest absolute Gasteiger partial charge is 0.372 e. The van der Waals surface area contributed by atoms with Crippen molar-refractivity contribution in [2.45, 2.75) is 20.8 Å². The highest BCUT2D eigenvalue weighted by Crippen LogP contribution is 2.31.